The molecule has 0 spiro atoms. The second kappa shape index (κ2) is 5.43. The van der Waals surface area contributed by atoms with Gasteiger partial charge in [0, 0.05) is 12.2 Å². The van der Waals surface area contributed by atoms with Crippen LogP contribution in [0.4, 0.5) is 5.69 Å². The quantitative estimate of drug-likeness (QED) is 0.872. The molecule has 88 valence electrons. The number of hydrogen-bond donors (Lipinski definition) is 1. The minimum atomic E-state index is 0.795. The Balaban J connectivity index is 2.11. The van der Waals surface area contributed by atoms with Gasteiger partial charge in [-0.15, -0.1) is 0 Å². The van der Waals surface area contributed by atoms with Crippen LogP contribution in [0.15, 0.2) is 36.4 Å². The summed E-state index contributed by atoms with van der Waals surface area (Å²) in [6, 6.07) is 12.3. The Bertz CT molecular complexity index is 480. The van der Waals surface area contributed by atoms with Gasteiger partial charge in [-0.1, -0.05) is 25.1 Å². The molecule has 0 aliphatic rings. The van der Waals surface area contributed by atoms with E-state index in [1.165, 1.54) is 5.56 Å². The van der Waals surface area contributed by atoms with Crippen molar-refractivity contribution in [3.05, 3.63) is 53.3 Å². The van der Waals surface area contributed by atoms with Gasteiger partial charge in [-0.3, -0.25) is 0 Å². The van der Waals surface area contributed by atoms with Crippen LogP contribution >= 0.6 is 0 Å². The van der Waals surface area contributed by atoms with E-state index in [1.807, 2.05) is 25.1 Å². The Labute approximate surface area is 102 Å². The van der Waals surface area contributed by atoms with Crippen molar-refractivity contribution in [2.24, 2.45) is 0 Å². The maximum Gasteiger partial charge on any atom is 0.0678 e. The zero-order valence-corrected chi connectivity index (χ0v) is 10.3. The smallest absolute Gasteiger partial charge is 0.0678 e. The van der Waals surface area contributed by atoms with Crippen LogP contribution in [0.1, 0.15) is 23.9 Å². The first-order valence-corrected chi connectivity index (χ1v) is 5.90. The van der Waals surface area contributed by atoms with E-state index in [0.29, 0.717) is 0 Å². The van der Waals surface area contributed by atoms with E-state index in [0.717, 1.165) is 30.0 Å². The number of anilines is 1. The first kappa shape index (κ1) is 11.6. The molecule has 17 heavy (non-hydrogen) atoms. The van der Waals surface area contributed by atoms with Crippen LogP contribution < -0.4 is 5.32 Å². The topological polar surface area (TPSA) is 37.8 Å². The van der Waals surface area contributed by atoms with Gasteiger partial charge in [0.25, 0.3) is 0 Å². The number of para-hydroxylation sites is 1. The molecule has 2 aromatic rings. The lowest BCUT2D eigenvalue weighted by Gasteiger charge is -2.09. The Morgan fingerprint density at radius 2 is 1.88 bits per heavy atom. The monoisotopic (exact) mass is 227 g/mol. The molecule has 0 fully saturated rings. The average molecular weight is 227 g/mol. The van der Waals surface area contributed by atoms with Gasteiger partial charge >= 0.3 is 0 Å². The summed E-state index contributed by atoms with van der Waals surface area (Å²) in [5.41, 5.74) is 4.39. The minimum Gasteiger partial charge on any atom is -0.381 e. The lowest BCUT2D eigenvalue weighted by atomic mass is 10.1. The number of aryl methyl sites for hydroxylation is 2. The van der Waals surface area contributed by atoms with E-state index in [4.69, 9.17) is 0 Å². The molecule has 1 aromatic heterocycles. The Morgan fingerprint density at radius 1 is 1.12 bits per heavy atom. The van der Waals surface area contributed by atoms with Crippen molar-refractivity contribution in [1.82, 2.24) is 10.2 Å². The van der Waals surface area contributed by atoms with Crippen molar-refractivity contribution in [2.75, 3.05) is 5.32 Å². The molecule has 0 aliphatic carbocycles. The van der Waals surface area contributed by atoms with Crippen molar-refractivity contribution < 1.29 is 0 Å². The number of rotatable bonds is 4. The number of hydrogen-bond acceptors (Lipinski definition) is 3. The Morgan fingerprint density at radius 3 is 2.59 bits per heavy atom. The van der Waals surface area contributed by atoms with E-state index in [1.54, 1.807) is 0 Å². The van der Waals surface area contributed by atoms with Crippen LogP contribution in [0.2, 0.25) is 0 Å². The molecule has 1 heterocycles. The first-order chi connectivity index (χ1) is 8.29. The van der Waals surface area contributed by atoms with E-state index in [9.17, 15) is 0 Å². The largest absolute Gasteiger partial charge is 0.381 e. The summed E-state index contributed by atoms with van der Waals surface area (Å²) < 4.78 is 0. The minimum absolute atomic E-state index is 0.795. The SMILES string of the molecule is CCc1nnc(C)cc1CNc1ccccc1. The van der Waals surface area contributed by atoms with Gasteiger partial charge in [-0.2, -0.15) is 10.2 Å². The van der Waals surface area contributed by atoms with Crippen LogP contribution in [0.3, 0.4) is 0 Å². The van der Waals surface area contributed by atoms with Gasteiger partial charge < -0.3 is 5.32 Å². The third kappa shape index (κ3) is 3.03. The molecule has 0 unspecified atom stereocenters. The van der Waals surface area contributed by atoms with E-state index >= 15 is 0 Å². The Hall–Kier alpha value is -1.90. The van der Waals surface area contributed by atoms with Crippen LogP contribution in [0, 0.1) is 6.92 Å². The van der Waals surface area contributed by atoms with E-state index < -0.39 is 0 Å². The summed E-state index contributed by atoms with van der Waals surface area (Å²) in [7, 11) is 0. The zero-order valence-electron chi connectivity index (χ0n) is 10.3. The highest BCUT2D eigenvalue weighted by atomic mass is 15.1. The number of nitrogens with one attached hydrogen (secondary N) is 1. The highest BCUT2D eigenvalue weighted by Gasteiger charge is 2.03. The van der Waals surface area contributed by atoms with Gasteiger partial charge in [0.05, 0.1) is 11.4 Å². The molecule has 0 radical (unpaired) electrons. The molecule has 0 amide bonds. The van der Waals surface area contributed by atoms with Gasteiger partial charge in [-0.05, 0) is 37.1 Å². The fourth-order valence-corrected chi connectivity index (χ4v) is 1.77. The first-order valence-electron chi connectivity index (χ1n) is 5.90. The van der Waals surface area contributed by atoms with Crippen LogP contribution in [-0.2, 0) is 13.0 Å². The fourth-order valence-electron chi connectivity index (χ4n) is 1.77. The zero-order chi connectivity index (χ0) is 12.1. The lowest BCUT2D eigenvalue weighted by Crippen LogP contribution is -2.06. The maximum absolute atomic E-state index is 4.22. The fraction of sp³-hybridized carbons (Fsp3) is 0.286. The molecule has 0 bridgehead atoms. The van der Waals surface area contributed by atoms with Crippen molar-refractivity contribution >= 4 is 5.69 Å². The van der Waals surface area contributed by atoms with Crippen LogP contribution in [-0.4, -0.2) is 10.2 Å². The number of aromatic nitrogens is 2. The maximum atomic E-state index is 4.22. The molecular weight excluding hydrogens is 210 g/mol. The summed E-state index contributed by atoms with van der Waals surface area (Å²) in [5, 5.41) is 11.7. The van der Waals surface area contributed by atoms with Crippen molar-refractivity contribution in [2.45, 2.75) is 26.8 Å². The van der Waals surface area contributed by atoms with E-state index in [2.05, 4.69) is 40.6 Å². The molecule has 0 aliphatic heterocycles. The molecule has 2 rings (SSSR count). The average Bonchev–Trinajstić information content (AvgIpc) is 2.38. The third-order valence-electron chi connectivity index (χ3n) is 2.67. The van der Waals surface area contributed by atoms with Gasteiger partial charge in [-0.25, -0.2) is 0 Å². The molecule has 3 heteroatoms. The van der Waals surface area contributed by atoms with Gasteiger partial charge in [0.2, 0.25) is 0 Å². The van der Waals surface area contributed by atoms with Crippen molar-refractivity contribution in [3.8, 4) is 0 Å². The summed E-state index contributed by atoms with van der Waals surface area (Å²) >= 11 is 0. The van der Waals surface area contributed by atoms with E-state index in [-0.39, 0.29) is 0 Å². The predicted octanol–water partition coefficient (Wildman–Crippen LogP) is 2.96. The second-order valence-electron chi connectivity index (χ2n) is 4.03. The summed E-state index contributed by atoms with van der Waals surface area (Å²) in [5.74, 6) is 0. The van der Waals surface area contributed by atoms with Crippen molar-refractivity contribution in [3.63, 3.8) is 0 Å². The van der Waals surface area contributed by atoms with Crippen molar-refractivity contribution in [1.29, 1.82) is 0 Å². The number of benzene rings is 1. The lowest BCUT2D eigenvalue weighted by molar-refractivity contribution is 0.858. The second-order valence-corrected chi connectivity index (χ2v) is 4.03. The standard InChI is InChI=1S/C14H17N3/c1-3-14-12(9-11(2)16-17-14)10-15-13-7-5-4-6-8-13/h4-9,15H,3,10H2,1-2H3. The highest BCUT2D eigenvalue weighted by molar-refractivity contribution is 5.43. The van der Waals surface area contributed by atoms with Crippen LogP contribution in [0.5, 0.6) is 0 Å². The normalized spacial score (nSPS) is 10.2. The molecule has 1 N–H and O–H groups in total. The Kier molecular flexibility index (Phi) is 3.70. The molecular formula is C14H17N3. The summed E-state index contributed by atoms with van der Waals surface area (Å²) in [6.07, 6.45) is 0.916. The van der Waals surface area contributed by atoms with Gasteiger partial charge in [0.15, 0.2) is 0 Å². The molecule has 0 saturated carbocycles. The summed E-state index contributed by atoms with van der Waals surface area (Å²) in [4.78, 5) is 0. The third-order valence-corrected chi connectivity index (χ3v) is 2.67. The molecule has 0 atom stereocenters. The molecule has 3 nitrogen and oxygen atoms in total. The van der Waals surface area contributed by atoms with Crippen LogP contribution in [0.25, 0.3) is 0 Å². The highest BCUT2D eigenvalue weighted by Crippen LogP contribution is 2.11. The molecule has 0 saturated heterocycles. The predicted molar refractivity (Wildman–Crippen MR) is 69.9 cm³/mol. The number of nitrogens with zero attached hydrogens (tertiary/aromatic N) is 2. The summed E-state index contributed by atoms with van der Waals surface area (Å²) in [6.45, 7) is 4.87. The molecule has 1 aromatic carbocycles. The van der Waals surface area contributed by atoms with Gasteiger partial charge in [0.1, 0.15) is 0 Å².